The third-order valence-corrected chi connectivity index (χ3v) is 3.00. The molecule has 1 atom stereocenters. The number of anilines is 1. The summed E-state index contributed by atoms with van der Waals surface area (Å²) in [5.41, 5.74) is 6.60. The highest BCUT2D eigenvalue weighted by atomic mass is 16.5. The molecule has 0 aliphatic carbocycles. The summed E-state index contributed by atoms with van der Waals surface area (Å²) < 4.78 is 5.56. The second-order valence-electron chi connectivity index (χ2n) is 4.67. The molecule has 0 radical (unpaired) electrons. The standard InChI is InChI=1S/C13H23N3O/c1-5-8-15-11(13(2,3)17-4)10-7-6-9-16-12(10)14/h6-7,9,11,15H,5,8H2,1-4H3,(H2,14,16). The maximum Gasteiger partial charge on any atom is 0.128 e. The van der Waals surface area contributed by atoms with Gasteiger partial charge in [-0.3, -0.25) is 0 Å². The number of hydrogen-bond acceptors (Lipinski definition) is 4. The first-order chi connectivity index (χ1) is 8.03. The van der Waals surface area contributed by atoms with Gasteiger partial charge in [0.25, 0.3) is 0 Å². The second kappa shape index (κ2) is 5.98. The van der Waals surface area contributed by atoms with Crippen molar-refractivity contribution in [1.82, 2.24) is 10.3 Å². The van der Waals surface area contributed by atoms with Crippen molar-refractivity contribution in [3.63, 3.8) is 0 Å². The van der Waals surface area contributed by atoms with Crippen LogP contribution in [0.4, 0.5) is 5.82 Å². The minimum Gasteiger partial charge on any atom is -0.383 e. The van der Waals surface area contributed by atoms with Crippen LogP contribution in [0.5, 0.6) is 0 Å². The molecular weight excluding hydrogens is 214 g/mol. The average molecular weight is 237 g/mol. The molecule has 1 aromatic rings. The molecule has 1 unspecified atom stereocenters. The minimum atomic E-state index is -0.327. The first-order valence-corrected chi connectivity index (χ1v) is 6.01. The molecule has 1 aromatic heterocycles. The maximum atomic E-state index is 5.94. The molecule has 4 nitrogen and oxygen atoms in total. The number of methoxy groups -OCH3 is 1. The molecule has 0 amide bonds. The topological polar surface area (TPSA) is 60.2 Å². The SMILES string of the molecule is CCCNC(c1cccnc1N)C(C)(C)OC. The minimum absolute atomic E-state index is 0.0427. The molecular formula is C13H23N3O. The van der Waals surface area contributed by atoms with Gasteiger partial charge in [0.05, 0.1) is 11.6 Å². The van der Waals surface area contributed by atoms with Gasteiger partial charge in [-0.25, -0.2) is 4.98 Å². The number of hydrogen-bond donors (Lipinski definition) is 2. The van der Waals surface area contributed by atoms with Gasteiger partial charge >= 0.3 is 0 Å². The van der Waals surface area contributed by atoms with Gasteiger partial charge in [-0.05, 0) is 32.9 Å². The van der Waals surface area contributed by atoms with E-state index in [0.717, 1.165) is 18.5 Å². The first-order valence-electron chi connectivity index (χ1n) is 6.01. The Bertz CT molecular complexity index is 352. The van der Waals surface area contributed by atoms with Crippen LogP contribution < -0.4 is 11.1 Å². The Morgan fingerprint density at radius 3 is 2.76 bits per heavy atom. The number of nitrogens with one attached hydrogen (secondary N) is 1. The quantitative estimate of drug-likeness (QED) is 0.795. The molecule has 0 spiro atoms. The largest absolute Gasteiger partial charge is 0.383 e. The lowest BCUT2D eigenvalue weighted by Gasteiger charge is -2.34. The molecule has 0 aromatic carbocycles. The summed E-state index contributed by atoms with van der Waals surface area (Å²) in [7, 11) is 1.72. The van der Waals surface area contributed by atoms with E-state index < -0.39 is 0 Å². The van der Waals surface area contributed by atoms with E-state index in [0.29, 0.717) is 5.82 Å². The van der Waals surface area contributed by atoms with Crippen LogP contribution in [-0.2, 0) is 4.74 Å². The van der Waals surface area contributed by atoms with Crippen molar-refractivity contribution in [3.05, 3.63) is 23.9 Å². The lowest BCUT2D eigenvalue weighted by atomic mass is 9.91. The molecule has 0 saturated carbocycles. The zero-order valence-electron chi connectivity index (χ0n) is 11.2. The molecule has 0 saturated heterocycles. The molecule has 17 heavy (non-hydrogen) atoms. The van der Waals surface area contributed by atoms with Crippen LogP contribution in [-0.4, -0.2) is 24.2 Å². The summed E-state index contributed by atoms with van der Waals surface area (Å²) >= 11 is 0. The molecule has 96 valence electrons. The van der Waals surface area contributed by atoms with E-state index in [4.69, 9.17) is 10.5 Å². The Morgan fingerprint density at radius 1 is 1.53 bits per heavy atom. The van der Waals surface area contributed by atoms with Crippen LogP contribution in [0.2, 0.25) is 0 Å². The third kappa shape index (κ3) is 3.41. The summed E-state index contributed by atoms with van der Waals surface area (Å²) in [6.07, 6.45) is 2.77. The van der Waals surface area contributed by atoms with Crippen molar-refractivity contribution < 1.29 is 4.74 Å². The summed E-state index contributed by atoms with van der Waals surface area (Å²) in [5, 5.41) is 3.47. The first kappa shape index (κ1) is 13.9. The molecule has 0 aliphatic heterocycles. The van der Waals surface area contributed by atoms with E-state index in [9.17, 15) is 0 Å². The molecule has 0 aliphatic rings. The van der Waals surface area contributed by atoms with Crippen molar-refractivity contribution in [2.45, 2.75) is 38.8 Å². The Hall–Kier alpha value is -1.13. The number of nitrogens with zero attached hydrogens (tertiary/aromatic N) is 1. The fourth-order valence-electron chi connectivity index (χ4n) is 1.81. The van der Waals surface area contributed by atoms with Crippen molar-refractivity contribution in [2.75, 3.05) is 19.4 Å². The molecule has 0 fully saturated rings. The van der Waals surface area contributed by atoms with Crippen LogP contribution in [0, 0.1) is 0 Å². The van der Waals surface area contributed by atoms with Crippen LogP contribution >= 0.6 is 0 Å². The van der Waals surface area contributed by atoms with Crippen molar-refractivity contribution in [3.8, 4) is 0 Å². The van der Waals surface area contributed by atoms with Gasteiger partial charge in [-0.1, -0.05) is 13.0 Å². The van der Waals surface area contributed by atoms with E-state index in [1.807, 2.05) is 26.0 Å². The molecule has 3 N–H and O–H groups in total. The normalized spacial score (nSPS) is 13.6. The molecule has 1 rings (SSSR count). The number of ether oxygens (including phenoxy) is 1. The van der Waals surface area contributed by atoms with Crippen molar-refractivity contribution in [1.29, 1.82) is 0 Å². The van der Waals surface area contributed by atoms with Crippen LogP contribution in [0.1, 0.15) is 38.8 Å². The third-order valence-electron chi connectivity index (χ3n) is 3.00. The van der Waals surface area contributed by atoms with Crippen LogP contribution in [0.25, 0.3) is 0 Å². The Kier molecular flexibility index (Phi) is 4.90. The highest BCUT2D eigenvalue weighted by molar-refractivity contribution is 5.42. The Balaban J connectivity index is 3.02. The van der Waals surface area contributed by atoms with Gasteiger partial charge in [-0.2, -0.15) is 0 Å². The lowest BCUT2D eigenvalue weighted by molar-refractivity contribution is -0.0109. The fourth-order valence-corrected chi connectivity index (χ4v) is 1.81. The van der Waals surface area contributed by atoms with Gasteiger partial charge in [0.1, 0.15) is 5.82 Å². The second-order valence-corrected chi connectivity index (χ2v) is 4.67. The van der Waals surface area contributed by atoms with Gasteiger partial charge in [0, 0.05) is 18.9 Å². The summed E-state index contributed by atoms with van der Waals surface area (Å²) in [5.74, 6) is 0.561. The van der Waals surface area contributed by atoms with E-state index >= 15 is 0 Å². The monoisotopic (exact) mass is 237 g/mol. The highest BCUT2D eigenvalue weighted by Crippen LogP contribution is 2.30. The van der Waals surface area contributed by atoms with Crippen molar-refractivity contribution in [2.24, 2.45) is 0 Å². The van der Waals surface area contributed by atoms with Crippen LogP contribution in [0.15, 0.2) is 18.3 Å². The number of nitrogens with two attached hydrogens (primary N) is 1. The predicted octanol–water partition coefficient (Wildman–Crippen LogP) is 2.13. The van der Waals surface area contributed by atoms with Crippen molar-refractivity contribution >= 4 is 5.82 Å². The fraction of sp³-hybridized carbons (Fsp3) is 0.615. The Morgan fingerprint density at radius 2 is 2.24 bits per heavy atom. The van der Waals surface area contributed by atoms with E-state index in [1.165, 1.54) is 0 Å². The lowest BCUT2D eigenvalue weighted by Crippen LogP contribution is -2.41. The summed E-state index contributed by atoms with van der Waals surface area (Å²) in [4.78, 5) is 4.14. The molecule has 0 bridgehead atoms. The zero-order valence-corrected chi connectivity index (χ0v) is 11.2. The van der Waals surface area contributed by atoms with Gasteiger partial charge in [0.2, 0.25) is 0 Å². The zero-order chi connectivity index (χ0) is 12.9. The van der Waals surface area contributed by atoms with E-state index in [1.54, 1.807) is 13.3 Å². The van der Waals surface area contributed by atoms with Gasteiger partial charge < -0.3 is 15.8 Å². The Labute approximate surface area is 104 Å². The smallest absolute Gasteiger partial charge is 0.128 e. The maximum absolute atomic E-state index is 5.94. The summed E-state index contributed by atoms with van der Waals surface area (Å²) in [6, 6.07) is 3.94. The number of aromatic nitrogens is 1. The van der Waals surface area contributed by atoms with E-state index in [2.05, 4.69) is 17.2 Å². The highest BCUT2D eigenvalue weighted by Gasteiger charge is 2.31. The molecule has 4 heteroatoms. The summed E-state index contributed by atoms with van der Waals surface area (Å²) in [6.45, 7) is 7.15. The van der Waals surface area contributed by atoms with Crippen LogP contribution in [0.3, 0.4) is 0 Å². The molecule has 1 heterocycles. The van der Waals surface area contributed by atoms with Gasteiger partial charge in [0.15, 0.2) is 0 Å². The average Bonchev–Trinajstić information content (AvgIpc) is 2.31. The number of rotatable bonds is 6. The number of pyridine rings is 1. The number of nitrogen functional groups attached to an aromatic ring is 1. The predicted molar refractivity (Wildman–Crippen MR) is 70.8 cm³/mol. The van der Waals surface area contributed by atoms with Gasteiger partial charge in [-0.15, -0.1) is 0 Å². The van der Waals surface area contributed by atoms with E-state index in [-0.39, 0.29) is 11.6 Å².